The van der Waals surface area contributed by atoms with E-state index in [1.54, 1.807) is 0 Å². The molecule has 1 aliphatic rings. The van der Waals surface area contributed by atoms with E-state index in [2.05, 4.69) is 10.3 Å². The minimum Gasteiger partial charge on any atom is -0.396 e. The highest BCUT2D eigenvalue weighted by molar-refractivity contribution is 6.35. The van der Waals surface area contributed by atoms with Gasteiger partial charge in [-0.15, -0.1) is 0 Å². The van der Waals surface area contributed by atoms with Gasteiger partial charge >= 0.3 is 0 Å². The summed E-state index contributed by atoms with van der Waals surface area (Å²) >= 11 is 6.22. The Balaban J connectivity index is 1.81. The lowest BCUT2D eigenvalue weighted by molar-refractivity contribution is 0.133. The van der Waals surface area contributed by atoms with Crippen molar-refractivity contribution in [2.24, 2.45) is 5.41 Å². The van der Waals surface area contributed by atoms with Gasteiger partial charge in [0.1, 0.15) is 5.82 Å². The zero-order valence-corrected chi connectivity index (χ0v) is 13.5. The predicted molar refractivity (Wildman–Crippen MR) is 89.6 cm³/mol. The lowest BCUT2D eigenvalue weighted by Crippen LogP contribution is -2.31. The molecule has 2 heterocycles. The maximum Gasteiger partial charge on any atom is 0.126 e. The molecule has 1 fully saturated rings. The standard InChI is InChI=1S/C17H21ClN2O2/c1-12-2-4-14(18)13-3-5-15(20-16(12)13)19-10-17(6-8-21)7-9-22-11-17/h2-5,21H,6-11H2,1H3,(H,19,20)/t17-/m1/s1. The molecule has 1 saturated heterocycles. The number of nitrogens with zero attached hydrogens (tertiary/aromatic N) is 1. The van der Waals surface area contributed by atoms with Crippen LogP contribution >= 0.6 is 11.6 Å². The van der Waals surface area contributed by atoms with Crippen molar-refractivity contribution in [3.8, 4) is 0 Å². The fraction of sp³-hybridized carbons (Fsp3) is 0.471. The molecule has 1 aliphatic heterocycles. The lowest BCUT2D eigenvalue weighted by Gasteiger charge is -2.27. The van der Waals surface area contributed by atoms with Gasteiger partial charge in [-0.05, 0) is 43.5 Å². The van der Waals surface area contributed by atoms with Gasteiger partial charge in [-0.2, -0.15) is 0 Å². The number of aliphatic hydroxyl groups excluding tert-OH is 1. The van der Waals surface area contributed by atoms with E-state index in [1.165, 1.54) is 0 Å². The SMILES string of the molecule is Cc1ccc(Cl)c2ccc(NC[C@@]3(CCO)CCOC3)nc12. The molecule has 0 aliphatic carbocycles. The molecule has 0 spiro atoms. The van der Waals surface area contributed by atoms with Crippen LogP contribution < -0.4 is 5.32 Å². The molecule has 1 aromatic carbocycles. The van der Waals surface area contributed by atoms with Crippen molar-refractivity contribution in [1.29, 1.82) is 0 Å². The summed E-state index contributed by atoms with van der Waals surface area (Å²) in [6.45, 7) is 4.44. The van der Waals surface area contributed by atoms with Gasteiger partial charge in [0.05, 0.1) is 12.1 Å². The van der Waals surface area contributed by atoms with Crippen LogP contribution in [-0.4, -0.2) is 36.5 Å². The predicted octanol–water partition coefficient (Wildman–Crippen LogP) is 3.40. The zero-order valence-electron chi connectivity index (χ0n) is 12.7. The maximum atomic E-state index is 9.28. The number of halogens is 1. The minimum absolute atomic E-state index is 0.00870. The number of fused-ring (bicyclic) bond motifs is 1. The number of aryl methyl sites for hydroxylation is 1. The van der Waals surface area contributed by atoms with E-state index in [9.17, 15) is 5.11 Å². The van der Waals surface area contributed by atoms with E-state index < -0.39 is 0 Å². The van der Waals surface area contributed by atoms with Crippen LogP contribution in [0.15, 0.2) is 24.3 Å². The van der Waals surface area contributed by atoms with E-state index in [0.29, 0.717) is 6.61 Å². The molecule has 2 aromatic rings. The highest BCUT2D eigenvalue weighted by Crippen LogP contribution is 2.33. The second-order valence-electron chi connectivity index (χ2n) is 6.09. The molecule has 0 radical (unpaired) electrons. The Morgan fingerprint density at radius 2 is 2.23 bits per heavy atom. The molecule has 4 nitrogen and oxygen atoms in total. The Labute approximate surface area is 135 Å². The van der Waals surface area contributed by atoms with Crippen molar-refractivity contribution in [3.05, 3.63) is 34.9 Å². The van der Waals surface area contributed by atoms with Gasteiger partial charge in [-0.25, -0.2) is 4.98 Å². The molecule has 0 unspecified atom stereocenters. The molecule has 2 N–H and O–H groups in total. The quantitative estimate of drug-likeness (QED) is 0.886. The summed E-state index contributed by atoms with van der Waals surface area (Å²) in [5, 5.41) is 14.4. The van der Waals surface area contributed by atoms with Crippen LogP contribution in [-0.2, 0) is 4.74 Å². The molecule has 1 atom stereocenters. The number of nitrogens with one attached hydrogen (secondary N) is 1. The second kappa shape index (κ2) is 6.41. The van der Waals surface area contributed by atoms with E-state index in [1.807, 2.05) is 31.2 Å². The third-order valence-electron chi connectivity index (χ3n) is 4.48. The Morgan fingerprint density at radius 3 is 2.95 bits per heavy atom. The molecule has 118 valence electrons. The van der Waals surface area contributed by atoms with Gasteiger partial charge < -0.3 is 15.2 Å². The molecule has 0 amide bonds. The van der Waals surface area contributed by atoms with Gasteiger partial charge in [-0.3, -0.25) is 0 Å². The molecular formula is C17H21ClN2O2. The molecule has 0 saturated carbocycles. The van der Waals surface area contributed by atoms with Crippen LogP contribution in [0, 0.1) is 12.3 Å². The summed E-state index contributed by atoms with van der Waals surface area (Å²) in [4.78, 5) is 4.69. The molecule has 3 rings (SSSR count). The van der Waals surface area contributed by atoms with Crippen molar-refractivity contribution in [1.82, 2.24) is 4.98 Å². The first-order valence-electron chi connectivity index (χ1n) is 7.62. The largest absolute Gasteiger partial charge is 0.396 e. The normalized spacial score (nSPS) is 21.4. The number of hydrogen-bond donors (Lipinski definition) is 2. The lowest BCUT2D eigenvalue weighted by atomic mass is 9.84. The number of benzene rings is 1. The van der Waals surface area contributed by atoms with Crippen LogP contribution in [0.25, 0.3) is 10.9 Å². The summed E-state index contributed by atoms with van der Waals surface area (Å²) in [5.41, 5.74) is 2.04. The number of rotatable bonds is 5. The van der Waals surface area contributed by atoms with E-state index >= 15 is 0 Å². The van der Waals surface area contributed by atoms with E-state index in [0.717, 1.165) is 53.3 Å². The van der Waals surface area contributed by atoms with Crippen molar-refractivity contribution in [3.63, 3.8) is 0 Å². The number of anilines is 1. The number of aliphatic hydroxyl groups is 1. The van der Waals surface area contributed by atoms with Gasteiger partial charge in [0.2, 0.25) is 0 Å². The molecule has 5 heteroatoms. The molecule has 1 aromatic heterocycles. The van der Waals surface area contributed by atoms with E-state index in [-0.39, 0.29) is 12.0 Å². The summed E-state index contributed by atoms with van der Waals surface area (Å²) in [6.07, 6.45) is 1.72. The van der Waals surface area contributed by atoms with Gasteiger partial charge in [0.25, 0.3) is 0 Å². The van der Waals surface area contributed by atoms with Crippen LogP contribution in [0.5, 0.6) is 0 Å². The maximum absolute atomic E-state index is 9.28. The first kappa shape index (κ1) is 15.5. The third kappa shape index (κ3) is 3.05. The van der Waals surface area contributed by atoms with Crippen molar-refractivity contribution in [2.45, 2.75) is 19.8 Å². The smallest absolute Gasteiger partial charge is 0.126 e. The average molecular weight is 321 g/mol. The summed E-state index contributed by atoms with van der Waals surface area (Å²) in [5.74, 6) is 0.835. The van der Waals surface area contributed by atoms with Gasteiger partial charge in [-0.1, -0.05) is 17.7 Å². The second-order valence-corrected chi connectivity index (χ2v) is 6.49. The van der Waals surface area contributed by atoms with Crippen molar-refractivity contribution in [2.75, 3.05) is 31.7 Å². The van der Waals surface area contributed by atoms with E-state index in [4.69, 9.17) is 16.3 Å². The summed E-state index contributed by atoms with van der Waals surface area (Å²) < 4.78 is 5.52. The van der Waals surface area contributed by atoms with Crippen LogP contribution in [0.2, 0.25) is 5.02 Å². The van der Waals surface area contributed by atoms with Crippen LogP contribution in [0.4, 0.5) is 5.82 Å². The van der Waals surface area contributed by atoms with Gasteiger partial charge in [0.15, 0.2) is 0 Å². The molecule has 0 bridgehead atoms. The van der Waals surface area contributed by atoms with Gasteiger partial charge in [0, 0.05) is 35.6 Å². The fourth-order valence-corrected chi connectivity index (χ4v) is 3.22. The third-order valence-corrected chi connectivity index (χ3v) is 4.81. The summed E-state index contributed by atoms with van der Waals surface area (Å²) in [7, 11) is 0. The Morgan fingerprint density at radius 1 is 1.36 bits per heavy atom. The molecule has 22 heavy (non-hydrogen) atoms. The minimum atomic E-state index is 0.00870. The Hall–Kier alpha value is -1.36. The average Bonchev–Trinajstić information content (AvgIpc) is 2.98. The van der Waals surface area contributed by atoms with Crippen LogP contribution in [0.1, 0.15) is 18.4 Å². The highest BCUT2D eigenvalue weighted by Gasteiger charge is 2.34. The first-order valence-corrected chi connectivity index (χ1v) is 8.00. The Kier molecular flexibility index (Phi) is 4.52. The highest BCUT2D eigenvalue weighted by atomic mass is 35.5. The fourth-order valence-electron chi connectivity index (χ4n) is 3.01. The van der Waals surface area contributed by atoms with Crippen LogP contribution in [0.3, 0.4) is 0 Å². The van der Waals surface area contributed by atoms with Crippen molar-refractivity contribution < 1.29 is 9.84 Å². The number of aromatic nitrogens is 1. The number of hydrogen-bond acceptors (Lipinski definition) is 4. The summed E-state index contributed by atoms with van der Waals surface area (Å²) in [6, 6.07) is 7.85. The topological polar surface area (TPSA) is 54.4 Å². The first-order chi connectivity index (χ1) is 10.6. The monoisotopic (exact) mass is 320 g/mol. The Bertz CT molecular complexity index is 669. The van der Waals surface area contributed by atoms with Crippen molar-refractivity contribution >= 4 is 28.3 Å². The number of pyridine rings is 1. The number of ether oxygens (including phenoxy) is 1. The zero-order chi connectivity index (χ0) is 15.6. The molecular weight excluding hydrogens is 300 g/mol.